The highest BCUT2D eigenvalue weighted by Crippen LogP contribution is 2.28. The second-order valence-electron chi connectivity index (χ2n) is 4.22. The van der Waals surface area contributed by atoms with Crippen LogP contribution in [0.4, 0.5) is 0 Å². The number of carbonyl (C=O) groups is 1. The van der Waals surface area contributed by atoms with Gasteiger partial charge in [0.25, 0.3) is 0 Å². The number of thioether (sulfide) groups is 1. The molecule has 0 amide bonds. The van der Waals surface area contributed by atoms with Gasteiger partial charge in [0.05, 0.1) is 0 Å². The maximum absolute atomic E-state index is 11.0. The number of rotatable bonds is 7. The van der Waals surface area contributed by atoms with E-state index in [4.69, 9.17) is 0 Å². The van der Waals surface area contributed by atoms with Crippen LogP contribution < -0.4 is 0 Å². The minimum absolute atomic E-state index is 0.423. The summed E-state index contributed by atoms with van der Waals surface area (Å²) in [5.41, 5.74) is 0. The van der Waals surface area contributed by atoms with Crippen molar-refractivity contribution in [1.29, 1.82) is 0 Å². The molecule has 0 N–H and O–H groups in total. The van der Waals surface area contributed by atoms with E-state index in [-0.39, 0.29) is 0 Å². The van der Waals surface area contributed by atoms with Gasteiger partial charge in [-0.3, -0.25) is 4.79 Å². The Hall–Kier alpha value is 0.0200. The zero-order chi connectivity index (χ0) is 10.2. The Balaban J connectivity index is 1.86. The summed E-state index contributed by atoms with van der Waals surface area (Å²) in [5.74, 6) is 3.93. The predicted molar refractivity (Wildman–Crippen MR) is 63.8 cm³/mol. The number of ketones is 1. The highest BCUT2D eigenvalue weighted by atomic mass is 32.2. The molecule has 0 unspecified atom stereocenters. The average Bonchev–Trinajstić information content (AvgIpc) is 2.69. The van der Waals surface area contributed by atoms with Crippen LogP contribution >= 0.6 is 11.8 Å². The summed E-state index contributed by atoms with van der Waals surface area (Å²) in [6, 6.07) is 0. The van der Waals surface area contributed by atoms with Crippen LogP contribution in [0, 0.1) is 5.92 Å². The molecule has 0 aliphatic heterocycles. The van der Waals surface area contributed by atoms with E-state index in [0.29, 0.717) is 12.2 Å². The van der Waals surface area contributed by atoms with E-state index in [9.17, 15) is 4.79 Å². The molecule has 0 saturated heterocycles. The minimum Gasteiger partial charge on any atom is -0.300 e. The van der Waals surface area contributed by atoms with Gasteiger partial charge in [-0.05, 0) is 36.7 Å². The first-order chi connectivity index (χ1) is 6.83. The minimum atomic E-state index is 0.423. The fourth-order valence-electron chi connectivity index (χ4n) is 1.98. The topological polar surface area (TPSA) is 17.1 Å². The van der Waals surface area contributed by atoms with Crippen molar-refractivity contribution in [2.75, 3.05) is 11.5 Å². The number of hydrogen-bond acceptors (Lipinski definition) is 2. The molecule has 82 valence electrons. The number of Topliss-reactive ketones (excluding diaryl/α,β-unsaturated/α-hetero) is 1. The average molecular weight is 214 g/mol. The smallest absolute Gasteiger partial charge is 0.132 e. The molecule has 1 fully saturated rings. The predicted octanol–water partition coefficient (Wildman–Crippen LogP) is 3.67. The van der Waals surface area contributed by atoms with Crippen LogP contribution in [0.5, 0.6) is 0 Å². The van der Waals surface area contributed by atoms with E-state index >= 15 is 0 Å². The molecule has 0 atom stereocenters. The van der Waals surface area contributed by atoms with E-state index in [1.165, 1.54) is 37.2 Å². The maximum atomic E-state index is 11.0. The standard InChI is InChI=1S/C12H22OS/c1-2-12(13)8-5-9-14-10-11-6-3-4-7-11/h11H,2-10H2,1H3. The van der Waals surface area contributed by atoms with Crippen LogP contribution in [0.3, 0.4) is 0 Å². The summed E-state index contributed by atoms with van der Waals surface area (Å²) in [4.78, 5) is 11.0. The SMILES string of the molecule is CCC(=O)CCCSCC1CCCC1. The van der Waals surface area contributed by atoms with Crippen LogP contribution in [-0.4, -0.2) is 17.3 Å². The second kappa shape index (κ2) is 7.33. The Morgan fingerprint density at radius 2 is 2.07 bits per heavy atom. The summed E-state index contributed by atoms with van der Waals surface area (Å²) >= 11 is 2.05. The normalized spacial score (nSPS) is 17.5. The fraction of sp³-hybridized carbons (Fsp3) is 0.917. The lowest BCUT2D eigenvalue weighted by molar-refractivity contribution is -0.118. The van der Waals surface area contributed by atoms with E-state index in [2.05, 4.69) is 11.8 Å². The lowest BCUT2D eigenvalue weighted by Gasteiger charge is -2.07. The zero-order valence-electron chi connectivity index (χ0n) is 9.26. The van der Waals surface area contributed by atoms with E-state index in [1.54, 1.807) is 0 Å². The van der Waals surface area contributed by atoms with Gasteiger partial charge in [-0.2, -0.15) is 11.8 Å². The van der Waals surface area contributed by atoms with E-state index in [0.717, 1.165) is 18.8 Å². The van der Waals surface area contributed by atoms with Crippen molar-refractivity contribution in [1.82, 2.24) is 0 Å². The Morgan fingerprint density at radius 1 is 1.36 bits per heavy atom. The third-order valence-corrected chi connectivity index (χ3v) is 4.25. The van der Waals surface area contributed by atoms with Crippen LogP contribution in [0.15, 0.2) is 0 Å². The summed E-state index contributed by atoms with van der Waals surface area (Å²) in [6.07, 6.45) is 8.38. The van der Waals surface area contributed by atoms with Crippen LogP contribution in [0.1, 0.15) is 51.9 Å². The largest absolute Gasteiger partial charge is 0.300 e. The summed E-state index contributed by atoms with van der Waals surface area (Å²) in [7, 11) is 0. The Labute approximate surface area is 92.0 Å². The van der Waals surface area contributed by atoms with Crippen molar-refractivity contribution in [3.8, 4) is 0 Å². The molecule has 2 heteroatoms. The molecule has 1 aliphatic carbocycles. The molecule has 14 heavy (non-hydrogen) atoms. The summed E-state index contributed by atoms with van der Waals surface area (Å²) in [5, 5.41) is 0. The molecular weight excluding hydrogens is 192 g/mol. The molecule has 0 radical (unpaired) electrons. The van der Waals surface area contributed by atoms with Gasteiger partial charge in [-0.1, -0.05) is 19.8 Å². The monoisotopic (exact) mass is 214 g/mol. The van der Waals surface area contributed by atoms with Gasteiger partial charge < -0.3 is 0 Å². The van der Waals surface area contributed by atoms with Crippen molar-refractivity contribution >= 4 is 17.5 Å². The molecule has 1 nitrogen and oxygen atoms in total. The lowest BCUT2D eigenvalue weighted by Crippen LogP contribution is -1.99. The van der Waals surface area contributed by atoms with Gasteiger partial charge in [0.1, 0.15) is 5.78 Å². The van der Waals surface area contributed by atoms with E-state index in [1.807, 2.05) is 6.92 Å². The molecule has 0 spiro atoms. The Bertz CT molecular complexity index is 162. The van der Waals surface area contributed by atoms with Crippen molar-refractivity contribution in [2.45, 2.75) is 51.9 Å². The first-order valence-electron chi connectivity index (χ1n) is 5.92. The van der Waals surface area contributed by atoms with Crippen molar-refractivity contribution < 1.29 is 4.79 Å². The van der Waals surface area contributed by atoms with Crippen LogP contribution in [0.25, 0.3) is 0 Å². The van der Waals surface area contributed by atoms with Crippen molar-refractivity contribution in [2.24, 2.45) is 5.92 Å². The third-order valence-electron chi connectivity index (χ3n) is 2.97. The van der Waals surface area contributed by atoms with Crippen LogP contribution in [0.2, 0.25) is 0 Å². The molecule has 0 aromatic heterocycles. The molecule has 0 heterocycles. The molecule has 0 bridgehead atoms. The Morgan fingerprint density at radius 3 is 2.71 bits per heavy atom. The van der Waals surface area contributed by atoms with Gasteiger partial charge in [0.2, 0.25) is 0 Å². The van der Waals surface area contributed by atoms with Crippen molar-refractivity contribution in [3.05, 3.63) is 0 Å². The maximum Gasteiger partial charge on any atom is 0.132 e. The number of carbonyl (C=O) groups excluding carboxylic acids is 1. The molecule has 1 rings (SSSR count). The lowest BCUT2D eigenvalue weighted by atomic mass is 10.1. The number of hydrogen-bond donors (Lipinski definition) is 0. The summed E-state index contributed by atoms with van der Waals surface area (Å²) in [6.45, 7) is 1.95. The molecule has 1 saturated carbocycles. The van der Waals surface area contributed by atoms with Crippen LogP contribution in [-0.2, 0) is 4.79 Å². The fourth-order valence-corrected chi connectivity index (χ4v) is 3.16. The first-order valence-corrected chi connectivity index (χ1v) is 7.08. The third kappa shape index (κ3) is 5.04. The van der Waals surface area contributed by atoms with Gasteiger partial charge in [0, 0.05) is 12.8 Å². The van der Waals surface area contributed by atoms with Gasteiger partial charge in [-0.25, -0.2) is 0 Å². The van der Waals surface area contributed by atoms with Crippen molar-refractivity contribution in [3.63, 3.8) is 0 Å². The van der Waals surface area contributed by atoms with Gasteiger partial charge in [-0.15, -0.1) is 0 Å². The Kier molecular flexibility index (Phi) is 6.33. The van der Waals surface area contributed by atoms with Gasteiger partial charge >= 0.3 is 0 Å². The summed E-state index contributed by atoms with van der Waals surface area (Å²) < 4.78 is 0. The quantitative estimate of drug-likeness (QED) is 0.601. The second-order valence-corrected chi connectivity index (χ2v) is 5.37. The van der Waals surface area contributed by atoms with E-state index < -0.39 is 0 Å². The zero-order valence-corrected chi connectivity index (χ0v) is 10.1. The highest BCUT2D eigenvalue weighted by Gasteiger charge is 2.14. The molecule has 0 aromatic rings. The molecular formula is C12H22OS. The highest BCUT2D eigenvalue weighted by molar-refractivity contribution is 7.99. The first kappa shape index (κ1) is 12.1. The van der Waals surface area contributed by atoms with Gasteiger partial charge in [0.15, 0.2) is 0 Å². The molecule has 1 aliphatic rings. The molecule has 0 aromatic carbocycles.